The van der Waals surface area contributed by atoms with E-state index >= 15 is 0 Å². The Kier molecular flexibility index (Phi) is 2.62. The van der Waals surface area contributed by atoms with Crippen molar-refractivity contribution in [2.45, 2.75) is 0 Å². The molecule has 0 saturated carbocycles. The van der Waals surface area contributed by atoms with E-state index in [2.05, 4.69) is 11.1 Å². The summed E-state index contributed by atoms with van der Waals surface area (Å²) in [6.07, 6.45) is 1.70. The Morgan fingerprint density at radius 3 is 2.63 bits per heavy atom. The third kappa shape index (κ3) is 1.90. The quantitative estimate of drug-likeness (QED) is 0.705. The molecule has 0 amide bonds. The monoisotopic (exact) mass is 246 g/mol. The number of nitriles is 1. The summed E-state index contributed by atoms with van der Waals surface area (Å²) in [5, 5.41) is 9.70. The maximum atomic E-state index is 12.4. The smallest absolute Gasteiger partial charge is 0.195 e. The number of fused-ring (bicyclic) bond motifs is 1. The van der Waals surface area contributed by atoms with Crippen LogP contribution in [-0.2, 0) is 0 Å². The van der Waals surface area contributed by atoms with Gasteiger partial charge in [-0.1, -0.05) is 36.4 Å². The highest BCUT2D eigenvalue weighted by molar-refractivity contribution is 6.16. The van der Waals surface area contributed by atoms with Crippen molar-refractivity contribution in [2.24, 2.45) is 0 Å². The average molecular weight is 246 g/mol. The lowest BCUT2D eigenvalue weighted by Crippen LogP contribution is -1.99. The molecule has 1 heterocycles. The van der Waals surface area contributed by atoms with Crippen molar-refractivity contribution in [3.05, 3.63) is 71.4 Å². The fourth-order valence-corrected chi connectivity index (χ4v) is 2.13. The molecule has 3 rings (SSSR count). The van der Waals surface area contributed by atoms with Crippen molar-refractivity contribution in [3.63, 3.8) is 0 Å². The van der Waals surface area contributed by atoms with Gasteiger partial charge in [0.1, 0.15) is 0 Å². The van der Waals surface area contributed by atoms with Crippen LogP contribution >= 0.6 is 0 Å². The summed E-state index contributed by atoms with van der Waals surface area (Å²) in [4.78, 5) is 15.4. The summed E-state index contributed by atoms with van der Waals surface area (Å²) < 4.78 is 0. The lowest BCUT2D eigenvalue weighted by atomic mass is 10.0. The molecule has 0 fully saturated rings. The zero-order chi connectivity index (χ0) is 13.2. The van der Waals surface area contributed by atoms with Gasteiger partial charge in [0.25, 0.3) is 0 Å². The first-order valence-electron chi connectivity index (χ1n) is 5.90. The molecular weight excluding hydrogens is 236 g/mol. The molecule has 0 aliphatic carbocycles. The Morgan fingerprint density at radius 2 is 1.89 bits per heavy atom. The molecule has 0 saturated heterocycles. The van der Waals surface area contributed by atoms with Gasteiger partial charge in [0.15, 0.2) is 5.78 Å². The topological polar surface area (TPSA) is 56.6 Å². The largest absolute Gasteiger partial charge is 0.360 e. The number of carbonyl (C=O) groups is 1. The number of rotatable bonds is 2. The molecule has 3 aromatic rings. The van der Waals surface area contributed by atoms with E-state index < -0.39 is 0 Å². The minimum absolute atomic E-state index is 0.0171. The Bertz CT molecular complexity index is 794. The van der Waals surface area contributed by atoms with Gasteiger partial charge < -0.3 is 4.98 Å². The van der Waals surface area contributed by atoms with Crippen molar-refractivity contribution < 1.29 is 4.79 Å². The standard InChI is InChI=1S/C16H10N2O/c17-9-11-6-7-13-14(10-18-15(13)8-11)16(19)12-4-2-1-3-5-12/h1-8,10,18H. The number of H-pyrrole nitrogens is 1. The maximum absolute atomic E-state index is 12.4. The van der Waals surface area contributed by atoms with Crippen LogP contribution in [0.4, 0.5) is 0 Å². The highest BCUT2D eigenvalue weighted by atomic mass is 16.1. The number of aromatic amines is 1. The number of hydrogen-bond acceptors (Lipinski definition) is 2. The van der Waals surface area contributed by atoms with Crippen LogP contribution in [0.3, 0.4) is 0 Å². The molecule has 0 spiro atoms. The van der Waals surface area contributed by atoms with Crippen LogP contribution in [0.1, 0.15) is 21.5 Å². The van der Waals surface area contributed by atoms with Crippen molar-refractivity contribution >= 4 is 16.7 Å². The zero-order valence-electron chi connectivity index (χ0n) is 10.1. The second kappa shape index (κ2) is 4.43. The highest BCUT2D eigenvalue weighted by Crippen LogP contribution is 2.22. The first-order chi connectivity index (χ1) is 9.29. The van der Waals surface area contributed by atoms with Crippen LogP contribution in [-0.4, -0.2) is 10.8 Å². The third-order valence-electron chi connectivity index (χ3n) is 3.09. The second-order valence-electron chi connectivity index (χ2n) is 4.27. The molecule has 1 aromatic heterocycles. The molecule has 90 valence electrons. The van der Waals surface area contributed by atoms with Gasteiger partial charge in [0.05, 0.1) is 11.6 Å². The minimum atomic E-state index is -0.0171. The van der Waals surface area contributed by atoms with E-state index in [9.17, 15) is 4.79 Å². The van der Waals surface area contributed by atoms with E-state index in [-0.39, 0.29) is 5.78 Å². The van der Waals surface area contributed by atoms with Gasteiger partial charge in [-0.15, -0.1) is 0 Å². The first kappa shape index (κ1) is 11.2. The number of nitrogens with zero attached hydrogens (tertiary/aromatic N) is 1. The van der Waals surface area contributed by atoms with E-state index in [1.165, 1.54) is 0 Å². The van der Waals surface area contributed by atoms with E-state index in [0.717, 1.165) is 10.9 Å². The summed E-state index contributed by atoms with van der Waals surface area (Å²) in [5.41, 5.74) is 2.67. The fourth-order valence-electron chi connectivity index (χ4n) is 2.13. The van der Waals surface area contributed by atoms with Crippen molar-refractivity contribution in [3.8, 4) is 6.07 Å². The summed E-state index contributed by atoms with van der Waals surface area (Å²) in [5.74, 6) is -0.0171. The number of aromatic nitrogens is 1. The Hall–Kier alpha value is -2.86. The van der Waals surface area contributed by atoms with Crippen LogP contribution in [0.2, 0.25) is 0 Å². The molecular formula is C16H10N2O. The molecule has 0 atom stereocenters. The van der Waals surface area contributed by atoms with Crippen LogP contribution in [0.5, 0.6) is 0 Å². The van der Waals surface area contributed by atoms with Crippen molar-refractivity contribution in [1.82, 2.24) is 4.98 Å². The zero-order valence-corrected chi connectivity index (χ0v) is 10.1. The highest BCUT2D eigenvalue weighted by Gasteiger charge is 2.13. The van der Waals surface area contributed by atoms with Crippen molar-refractivity contribution in [1.29, 1.82) is 5.26 Å². The van der Waals surface area contributed by atoms with E-state index in [1.807, 2.05) is 18.2 Å². The third-order valence-corrected chi connectivity index (χ3v) is 3.09. The number of ketones is 1. The lowest BCUT2D eigenvalue weighted by Gasteiger charge is -1.99. The molecule has 19 heavy (non-hydrogen) atoms. The van der Waals surface area contributed by atoms with Gasteiger partial charge >= 0.3 is 0 Å². The Morgan fingerprint density at radius 1 is 1.11 bits per heavy atom. The maximum Gasteiger partial charge on any atom is 0.195 e. The number of benzene rings is 2. The van der Waals surface area contributed by atoms with Gasteiger partial charge in [-0.2, -0.15) is 5.26 Å². The van der Waals surface area contributed by atoms with E-state index in [4.69, 9.17) is 5.26 Å². The predicted molar refractivity (Wildman–Crippen MR) is 72.9 cm³/mol. The molecule has 0 unspecified atom stereocenters. The molecule has 3 nitrogen and oxygen atoms in total. The molecule has 2 aromatic carbocycles. The van der Waals surface area contributed by atoms with Gasteiger partial charge in [-0.05, 0) is 12.1 Å². The Balaban J connectivity index is 2.12. The van der Waals surface area contributed by atoms with Gasteiger partial charge in [0, 0.05) is 28.2 Å². The SMILES string of the molecule is N#Cc1ccc2c(C(=O)c3ccccc3)c[nH]c2c1. The molecule has 0 radical (unpaired) electrons. The minimum Gasteiger partial charge on any atom is -0.360 e. The number of hydrogen-bond donors (Lipinski definition) is 1. The van der Waals surface area contributed by atoms with E-state index in [1.54, 1.807) is 36.5 Å². The fraction of sp³-hybridized carbons (Fsp3) is 0. The van der Waals surface area contributed by atoms with Gasteiger partial charge in [-0.3, -0.25) is 4.79 Å². The van der Waals surface area contributed by atoms with E-state index in [0.29, 0.717) is 16.7 Å². The summed E-state index contributed by atoms with van der Waals surface area (Å²) >= 11 is 0. The molecule has 0 bridgehead atoms. The average Bonchev–Trinajstić information content (AvgIpc) is 2.90. The van der Waals surface area contributed by atoms with Gasteiger partial charge in [-0.25, -0.2) is 0 Å². The summed E-state index contributed by atoms with van der Waals surface area (Å²) in [7, 11) is 0. The second-order valence-corrected chi connectivity index (χ2v) is 4.27. The molecule has 0 aliphatic rings. The molecule has 3 heteroatoms. The number of carbonyl (C=O) groups excluding carboxylic acids is 1. The number of nitrogens with one attached hydrogen (secondary N) is 1. The summed E-state index contributed by atoms with van der Waals surface area (Å²) in [6, 6.07) is 16.5. The van der Waals surface area contributed by atoms with Crippen LogP contribution in [0.25, 0.3) is 10.9 Å². The van der Waals surface area contributed by atoms with Crippen LogP contribution in [0, 0.1) is 11.3 Å². The lowest BCUT2D eigenvalue weighted by molar-refractivity contribution is 0.104. The normalized spacial score (nSPS) is 10.3. The predicted octanol–water partition coefficient (Wildman–Crippen LogP) is 3.27. The van der Waals surface area contributed by atoms with Crippen molar-refractivity contribution in [2.75, 3.05) is 0 Å². The molecule has 1 N–H and O–H groups in total. The van der Waals surface area contributed by atoms with Crippen LogP contribution < -0.4 is 0 Å². The Labute approximate surface area is 110 Å². The van der Waals surface area contributed by atoms with Gasteiger partial charge in [0.2, 0.25) is 0 Å². The summed E-state index contributed by atoms with van der Waals surface area (Å²) in [6.45, 7) is 0. The van der Waals surface area contributed by atoms with Crippen LogP contribution in [0.15, 0.2) is 54.7 Å². The molecule has 0 aliphatic heterocycles. The first-order valence-corrected chi connectivity index (χ1v) is 5.90.